The van der Waals surface area contributed by atoms with Gasteiger partial charge in [-0.3, -0.25) is 9.59 Å². The number of ether oxygens (including phenoxy) is 1. The number of nitrogens with one attached hydrogen (secondary N) is 1. The van der Waals surface area contributed by atoms with Crippen molar-refractivity contribution >= 4 is 17.6 Å². The fraction of sp³-hybridized carbons (Fsp3) is 0.211. The number of carbonyl (C=O) groups is 2. The molecule has 28 heavy (non-hydrogen) atoms. The van der Waals surface area contributed by atoms with Gasteiger partial charge in [-0.25, -0.2) is 14.2 Å². The first-order chi connectivity index (χ1) is 13.5. The molecule has 0 aliphatic rings. The highest BCUT2D eigenvalue weighted by Gasteiger charge is 2.21. The molecule has 0 unspecified atom stereocenters. The van der Waals surface area contributed by atoms with Gasteiger partial charge in [0.15, 0.2) is 5.82 Å². The number of hydrogen-bond donors (Lipinski definition) is 1. The summed E-state index contributed by atoms with van der Waals surface area (Å²) in [5.74, 6) is -0.637. The second-order valence-corrected chi connectivity index (χ2v) is 5.86. The van der Waals surface area contributed by atoms with Gasteiger partial charge in [-0.15, -0.1) is 5.10 Å². The SMILES string of the molecule is CCOC(=O)c1ccccc1NC(=O)[C@@H](C)n1nc(-n2cccn2)ccc1=O. The lowest BCUT2D eigenvalue weighted by Gasteiger charge is -2.16. The molecule has 3 aromatic rings. The predicted molar refractivity (Wildman–Crippen MR) is 101 cm³/mol. The van der Waals surface area contributed by atoms with Gasteiger partial charge in [0.25, 0.3) is 5.56 Å². The van der Waals surface area contributed by atoms with E-state index in [0.29, 0.717) is 11.5 Å². The van der Waals surface area contributed by atoms with Crippen LogP contribution in [-0.4, -0.2) is 38.0 Å². The Morgan fingerprint density at radius 3 is 2.68 bits per heavy atom. The van der Waals surface area contributed by atoms with E-state index in [1.807, 2.05) is 0 Å². The van der Waals surface area contributed by atoms with E-state index in [4.69, 9.17) is 4.74 Å². The van der Waals surface area contributed by atoms with Crippen molar-refractivity contribution in [1.29, 1.82) is 0 Å². The maximum atomic E-state index is 12.7. The van der Waals surface area contributed by atoms with Crippen LogP contribution < -0.4 is 10.9 Å². The summed E-state index contributed by atoms with van der Waals surface area (Å²) in [6.07, 6.45) is 3.26. The Hall–Kier alpha value is -3.75. The van der Waals surface area contributed by atoms with Crippen LogP contribution in [0.25, 0.3) is 5.82 Å². The third-order valence-corrected chi connectivity index (χ3v) is 3.98. The fourth-order valence-electron chi connectivity index (χ4n) is 2.55. The molecule has 0 saturated heterocycles. The van der Waals surface area contributed by atoms with E-state index in [1.54, 1.807) is 56.6 Å². The molecule has 1 atom stereocenters. The second-order valence-electron chi connectivity index (χ2n) is 5.86. The van der Waals surface area contributed by atoms with Gasteiger partial charge in [-0.05, 0) is 38.1 Å². The molecular formula is C19H19N5O4. The molecule has 0 saturated carbocycles. The number of rotatable bonds is 6. The van der Waals surface area contributed by atoms with Gasteiger partial charge in [-0.1, -0.05) is 12.1 Å². The topological polar surface area (TPSA) is 108 Å². The highest BCUT2D eigenvalue weighted by atomic mass is 16.5. The molecule has 9 nitrogen and oxygen atoms in total. The van der Waals surface area contributed by atoms with E-state index in [2.05, 4.69) is 15.5 Å². The molecule has 0 fully saturated rings. The van der Waals surface area contributed by atoms with Gasteiger partial charge < -0.3 is 10.1 Å². The first-order valence-corrected chi connectivity index (χ1v) is 8.68. The van der Waals surface area contributed by atoms with Gasteiger partial charge in [0, 0.05) is 18.5 Å². The standard InChI is InChI=1S/C19H19N5O4/c1-3-28-19(27)14-7-4-5-8-15(14)21-18(26)13(2)24-17(25)10-9-16(22-24)23-12-6-11-20-23/h4-13H,3H2,1-2H3,(H,21,26)/t13-/m1/s1. The van der Waals surface area contributed by atoms with E-state index >= 15 is 0 Å². The highest BCUT2D eigenvalue weighted by Crippen LogP contribution is 2.18. The van der Waals surface area contributed by atoms with Crippen LogP contribution in [0, 0.1) is 0 Å². The largest absolute Gasteiger partial charge is 0.462 e. The van der Waals surface area contributed by atoms with Crippen LogP contribution in [0.15, 0.2) is 59.7 Å². The first-order valence-electron chi connectivity index (χ1n) is 8.68. The van der Waals surface area contributed by atoms with Crippen molar-refractivity contribution in [3.05, 3.63) is 70.8 Å². The van der Waals surface area contributed by atoms with Gasteiger partial charge >= 0.3 is 5.97 Å². The van der Waals surface area contributed by atoms with Crippen molar-refractivity contribution in [3.63, 3.8) is 0 Å². The zero-order chi connectivity index (χ0) is 20.1. The smallest absolute Gasteiger partial charge is 0.340 e. The fourth-order valence-corrected chi connectivity index (χ4v) is 2.55. The highest BCUT2D eigenvalue weighted by molar-refractivity contribution is 6.02. The van der Waals surface area contributed by atoms with Crippen LogP contribution in [0.3, 0.4) is 0 Å². The van der Waals surface area contributed by atoms with Crippen LogP contribution in [-0.2, 0) is 9.53 Å². The Bertz CT molecular complexity index is 1040. The maximum Gasteiger partial charge on any atom is 0.340 e. The molecule has 0 aliphatic carbocycles. The average molecular weight is 381 g/mol. The summed E-state index contributed by atoms with van der Waals surface area (Å²) in [5.41, 5.74) is 0.0989. The molecule has 0 bridgehead atoms. The Morgan fingerprint density at radius 2 is 1.96 bits per heavy atom. The van der Waals surface area contributed by atoms with E-state index in [9.17, 15) is 14.4 Å². The summed E-state index contributed by atoms with van der Waals surface area (Å²) in [5, 5.41) is 10.9. The monoisotopic (exact) mass is 381 g/mol. The first kappa shape index (κ1) is 19.0. The molecule has 144 valence electrons. The van der Waals surface area contributed by atoms with Crippen LogP contribution in [0.2, 0.25) is 0 Å². The summed E-state index contributed by atoms with van der Waals surface area (Å²) >= 11 is 0. The van der Waals surface area contributed by atoms with Gasteiger partial charge in [0.2, 0.25) is 5.91 Å². The number of aromatic nitrogens is 4. The zero-order valence-corrected chi connectivity index (χ0v) is 15.4. The zero-order valence-electron chi connectivity index (χ0n) is 15.4. The molecule has 0 radical (unpaired) electrons. The number of nitrogens with zero attached hydrogens (tertiary/aromatic N) is 4. The second kappa shape index (κ2) is 8.30. The number of hydrogen-bond acceptors (Lipinski definition) is 6. The number of amides is 1. The van der Waals surface area contributed by atoms with Crippen LogP contribution >= 0.6 is 0 Å². The van der Waals surface area contributed by atoms with Crippen molar-refractivity contribution in [2.24, 2.45) is 0 Å². The van der Waals surface area contributed by atoms with E-state index in [0.717, 1.165) is 4.68 Å². The summed E-state index contributed by atoms with van der Waals surface area (Å²) in [4.78, 5) is 37.0. The van der Waals surface area contributed by atoms with Crippen LogP contribution in [0.1, 0.15) is 30.2 Å². The number of carbonyl (C=O) groups excluding carboxylic acids is 2. The minimum Gasteiger partial charge on any atom is -0.462 e. The molecule has 0 spiro atoms. The van der Waals surface area contributed by atoms with Gasteiger partial charge in [0.1, 0.15) is 6.04 Å². The summed E-state index contributed by atoms with van der Waals surface area (Å²) < 4.78 is 7.56. The third kappa shape index (κ3) is 3.98. The van der Waals surface area contributed by atoms with Crippen molar-refractivity contribution < 1.29 is 14.3 Å². The van der Waals surface area contributed by atoms with Crippen molar-refractivity contribution in [1.82, 2.24) is 19.6 Å². The van der Waals surface area contributed by atoms with Gasteiger partial charge in [0.05, 0.1) is 17.9 Å². The van der Waals surface area contributed by atoms with Crippen LogP contribution in [0.4, 0.5) is 5.69 Å². The quantitative estimate of drug-likeness (QED) is 0.653. The lowest BCUT2D eigenvalue weighted by molar-refractivity contribution is -0.119. The molecule has 2 aromatic heterocycles. The van der Waals surface area contributed by atoms with Crippen LogP contribution in [0.5, 0.6) is 0 Å². The molecule has 3 rings (SSSR count). The number of anilines is 1. The lowest BCUT2D eigenvalue weighted by atomic mass is 10.1. The molecular weight excluding hydrogens is 362 g/mol. The molecule has 1 aromatic carbocycles. The summed E-state index contributed by atoms with van der Waals surface area (Å²) in [6.45, 7) is 3.46. The minimum absolute atomic E-state index is 0.219. The molecule has 0 aliphatic heterocycles. The van der Waals surface area contributed by atoms with E-state index < -0.39 is 23.5 Å². The van der Waals surface area contributed by atoms with Gasteiger partial charge in [-0.2, -0.15) is 5.10 Å². The normalized spacial score (nSPS) is 11.6. The number of para-hydroxylation sites is 1. The van der Waals surface area contributed by atoms with Crippen molar-refractivity contribution in [3.8, 4) is 5.82 Å². The Balaban J connectivity index is 1.86. The molecule has 2 heterocycles. The Morgan fingerprint density at radius 1 is 1.18 bits per heavy atom. The Kier molecular flexibility index (Phi) is 5.64. The summed E-state index contributed by atoms with van der Waals surface area (Å²) in [7, 11) is 0. The molecule has 1 amide bonds. The Labute approximate surface area is 160 Å². The minimum atomic E-state index is -0.918. The maximum absolute atomic E-state index is 12.7. The summed E-state index contributed by atoms with van der Waals surface area (Å²) in [6, 6.07) is 10.1. The third-order valence-electron chi connectivity index (χ3n) is 3.98. The molecule has 1 N–H and O–H groups in total. The van der Waals surface area contributed by atoms with Crippen molar-refractivity contribution in [2.45, 2.75) is 19.9 Å². The van der Waals surface area contributed by atoms with E-state index in [1.165, 1.54) is 16.8 Å². The molecule has 9 heteroatoms. The number of esters is 1. The van der Waals surface area contributed by atoms with E-state index in [-0.39, 0.29) is 12.2 Å². The number of benzene rings is 1. The average Bonchev–Trinajstić information content (AvgIpc) is 3.23. The predicted octanol–water partition coefficient (Wildman–Crippen LogP) is 1.81. The lowest BCUT2D eigenvalue weighted by Crippen LogP contribution is -2.34. The van der Waals surface area contributed by atoms with Crippen molar-refractivity contribution in [2.75, 3.05) is 11.9 Å².